The minimum Gasteiger partial charge on any atom is -0.386 e. The Labute approximate surface area is 80.3 Å². The van der Waals surface area contributed by atoms with E-state index in [1.807, 2.05) is 20.8 Å². The van der Waals surface area contributed by atoms with Crippen LogP contribution in [0.1, 0.15) is 33.6 Å². The fraction of sp³-hybridized carbons (Fsp3) is 1.00. The maximum atomic E-state index is 10.2. The molecule has 0 aliphatic carbocycles. The van der Waals surface area contributed by atoms with Crippen LogP contribution < -0.4 is 5.73 Å². The van der Waals surface area contributed by atoms with E-state index in [0.29, 0.717) is 6.61 Å². The molecular formula is C10H21NO2. The van der Waals surface area contributed by atoms with Crippen LogP contribution >= 0.6 is 0 Å². The predicted molar refractivity (Wildman–Crippen MR) is 52.4 cm³/mol. The van der Waals surface area contributed by atoms with Crippen molar-refractivity contribution < 1.29 is 9.84 Å². The van der Waals surface area contributed by atoms with Crippen molar-refractivity contribution in [3.8, 4) is 0 Å². The summed E-state index contributed by atoms with van der Waals surface area (Å²) in [7, 11) is 0. The average molecular weight is 187 g/mol. The van der Waals surface area contributed by atoms with Gasteiger partial charge in [0.25, 0.3) is 0 Å². The van der Waals surface area contributed by atoms with Crippen LogP contribution in [0.2, 0.25) is 0 Å². The third-order valence-corrected chi connectivity index (χ3v) is 2.76. The highest BCUT2D eigenvalue weighted by Crippen LogP contribution is 2.31. The van der Waals surface area contributed by atoms with Crippen molar-refractivity contribution in [3.63, 3.8) is 0 Å². The number of hydrogen-bond acceptors (Lipinski definition) is 3. The van der Waals surface area contributed by atoms with Gasteiger partial charge in [-0.2, -0.15) is 0 Å². The lowest BCUT2D eigenvalue weighted by atomic mass is 9.74. The van der Waals surface area contributed by atoms with Crippen LogP contribution in [0.3, 0.4) is 0 Å². The number of rotatable bonds is 1. The molecule has 3 nitrogen and oxygen atoms in total. The van der Waals surface area contributed by atoms with E-state index < -0.39 is 5.60 Å². The maximum Gasteiger partial charge on any atom is 0.104 e. The first-order valence-corrected chi connectivity index (χ1v) is 4.92. The molecule has 1 aliphatic heterocycles. The minimum absolute atomic E-state index is 0.0740. The maximum absolute atomic E-state index is 10.2. The van der Waals surface area contributed by atoms with Gasteiger partial charge in [-0.3, -0.25) is 0 Å². The molecule has 0 saturated carbocycles. The molecule has 0 radical (unpaired) electrons. The Balaban J connectivity index is 2.67. The largest absolute Gasteiger partial charge is 0.386 e. The second-order valence-corrected chi connectivity index (χ2v) is 5.10. The molecule has 1 saturated heterocycles. The molecule has 1 heterocycles. The van der Waals surface area contributed by atoms with E-state index in [0.717, 1.165) is 19.4 Å². The molecule has 2 atom stereocenters. The summed E-state index contributed by atoms with van der Waals surface area (Å²) in [5, 5.41) is 10.2. The Morgan fingerprint density at radius 2 is 2.08 bits per heavy atom. The summed E-state index contributed by atoms with van der Waals surface area (Å²) >= 11 is 0. The van der Waals surface area contributed by atoms with Gasteiger partial charge in [0.05, 0.1) is 6.61 Å². The number of hydrogen-bond donors (Lipinski definition) is 2. The molecule has 0 aromatic carbocycles. The molecule has 1 fully saturated rings. The van der Waals surface area contributed by atoms with Crippen molar-refractivity contribution in [2.45, 2.75) is 45.3 Å². The SMILES string of the molecule is CC(C)(C)C(N)C1(O)CCCOC1. The van der Waals surface area contributed by atoms with E-state index in [4.69, 9.17) is 10.5 Å². The zero-order chi connectivity index (χ0) is 10.1. The molecule has 3 heteroatoms. The summed E-state index contributed by atoms with van der Waals surface area (Å²) in [6.45, 7) is 7.27. The second kappa shape index (κ2) is 3.56. The van der Waals surface area contributed by atoms with Crippen LogP contribution in [0.4, 0.5) is 0 Å². The molecule has 0 aromatic rings. The molecule has 0 aromatic heterocycles. The third-order valence-electron chi connectivity index (χ3n) is 2.76. The molecule has 13 heavy (non-hydrogen) atoms. The van der Waals surface area contributed by atoms with Gasteiger partial charge < -0.3 is 15.6 Å². The summed E-state index contributed by atoms with van der Waals surface area (Å²) in [5.74, 6) is 0. The quantitative estimate of drug-likeness (QED) is 0.641. The predicted octanol–water partition coefficient (Wildman–Crippen LogP) is 0.901. The van der Waals surface area contributed by atoms with Gasteiger partial charge in [-0.15, -0.1) is 0 Å². The lowest BCUT2D eigenvalue weighted by molar-refractivity contribution is -0.116. The fourth-order valence-corrected chi connectivity index (χ4v) is 1.85. The highest BCUT2D eigenvalue weighted by molar-refractivity contribution is 4.97. The third kappa shape index (κ3) is 2.42. The lowest BCUT2D eigenvalue weighted by Gasteiger charge is -2.43. The summed E-state index contributed by atoms with van der Waals surface area (Å²) in [6.07, 6.45) is 1.66. The van der Waals surface area contributed by atoms with E-state index >= 15 is 0 Å². The van der Waals surface area contributed by atoms with Crippen LogP contribution in [0.15, 0.2) is 0 Å². The summed E-state index contributed by atoms with van der Waals surface area (Å²) in [6, 6.07) is -0.222. The smallest absolute Gasteiger partial charge is 0.104 e. The normalized spacial score (nSPS) is 33.0. The van der Waals surface area contributed by atoms with E-state index in [2.05, 4.69) is 0 Å². The first-order valence-electron chi connectivity index (χ1n) is 4.92. The van der Waals surface area contributed by atoms with E-state index in [9.17, 15) is 5.11 Å². The van der Waals surface area contributed by atoms with E-state index in [1.165, 1.54) is 0 Å². The molecule has 0 bridgehead atoms. The van der Waals surface area contributed by atoms with Gasteiger partial charge in [0.2, 0.25) is 0 Å². The standard InChI is InChI=1S/C10H21NO2/c1-9(2,3)8(11)10(12)5-4-6-13-7-10/h8,12H,4-7,11H2,1-3H3. The van der Waals surface area contributed by atoms with Crippen LogP contribution in [-0.4, -0.2) is 30.0 Å². The average Bonchev–Trinajstić information content (AvgIpc) is 2.03. The van der Waals surface area contributed by atoms with E-state index in [-0.39, 0.29) is 11.5 Å². The molecule has 2 unspecified atom stereocenters. The minimum atomic E-state index is -0.823. The molecule has 78 valence electrons. The van der Waals surface area contributed by atoms with Crippen molar-refractivity contribution in [2.75, 3.05) is 13.2 Å². The molecule has 1 rings (SSSR count). The first kappa shape index (κ1) is 11.0. The summed E-state index contributed by atoms with van der Waals surface area (Å²) in [4.78, 5) is 0. The van der Waals surface area contributed by atoms with Gasteiger partial charge >= 0.3 is 0 Å². The Morgan fingerprint density at radius 3 is 2.46 bits per heavy atom. The lowest BCUT2D eigenvalue weighted by Crippen LogP contribution is -2.58. The zero-order valence-corrected chi connectivity index (χ0v) is 8.84. The van der Waals surface area contributed by atoms with Gasteiger partial charge in [-0.25, -0.2) is 0 Å². The molecule has 3 N–H and O–H groups in total. The van der Waals surface area contributed by atoms with Crippen molar-refractivity contribution in [2.24, 2.45) is 11.1 Å². The number of aliphatic hydroxyl groups is 1. The highest BCUT2D eigenvalue weighted by Gasteiger charge is 2.42. The summed E-state index contributed by atoms with van der Waals surface area (Å²) in [5.41, 5.74) is 5.13. The molecule has 1 aliphatic rings. The van der Waals surface area contributed by atoms with Crippen LogP contribution in [0, 0.1) is 5.41 Å². The molecule has 0 amide bonds. The number of ether oxygens (including phenoxy) is 1. The first-order chi connectivity index (χ1) is 5.86. The van der Waals surface area contributed by atoms with Crippen LogP contribution in [-0.2, 0) is 4.74 Å². The van der Waals surface area contributed by atoms with Crippen molar-refractivity contribution in [1.82, 2.24) is 0 Å². The van der Waals surface area contributed by atoms with Crippen molar-refractivity contribution >= 4 is 0 Å². The summed E-state index contributed by atoms with van der Waals surface area (Å²) < 4.78 is 5.27. The molecular weight excluding hydrogens is 166 g/mol. The Bertz CT molecular complexity index is 168. The van der Waals surface area contributed by atoms with Crippen LogP contribution in [0.25, 0.3) is 0 Å². The van der Waals surface area contributed by atoms with Gasteiger partial charge in [-0.1, -0.05) is 20.8 Å². The van der Waals surface area contributed by atoms with Crippen LogP contribution in [0.5, 0.6) is 0 Å². The van der Waals surface area contributed by atoms with E-state index in [1.54, 1.807) is 0 Å². The Hall–Kier alpha value is -0.120. The monoisotopic (exact) mass is 187 g/mol. The highest BCUT2D eigenvalue weighted by atomic mass is 16.5. The number of nitrogens with two attached hydrogens (primary N) is 1. The fourth-order valence-electron chi connectivity index (χ4n) is 1.85. The molecule has 0 spiro atoms. The van der Waals surface area contributed by atoms with Gasteiger partial charge in [0.1, 0.15) is 5.60 Å². The van der Waals surface area contributed by atoms with Gasteiger partial charge in [-0.05, 0) is 18.3 Å². The van der Waals surface area contributed by atoms with Gasteiger partial charge in [0.15, 0.2) is 0 Å². The Kier molecular flexibility index (Phi) is 3.00. The van der Waals surface area contributed by atoms with Gasteiger partial charge in [0, 0.05) is 12.6 Å². The van der Waals surface area contributed by atoms with Crippen molar-refractivity contribution in [1.29, 1.82) is 0 Å². The zero-order valence-electron chi connectivity index (χ0n) is 8.84. The Morgan fingerprint density at radius 1 is 1.46 bits per heavy atom. The topological polar surface area (TPSA) is 55.5 Å². The van der Waals surface area contributed by atoms with Crippen molar-refractivity contribution in [3.05, 3.63) is 0 Å². The second-order valence-electron chi connectivity index (χ2n) is 5.10.